The molecule has 2 saturated carbocycles. The smallest absolute Gasteiger partial charge is 0.324 e. The molecule has 230 valence electrons. The minimum absolute atomic E-state index is 0.00418. The first-order chi connectivity index (χ1) is 20.7. The van der Waals surface area contributed by atoms with Crippen molar-refractivity contribution in [3.63, 3.8) is 0 Å². The van der Waals surface area contributed by atoms with Gasteiger partial charge in [0.05, 0.1) is 28.1 Å². The summed E-state index contributed by atoms with van der Waals surface area (Å²) in [6.45, 7) is 5.79. The summed E-state index contributed by atoms with van der Waals surface area (Å²) in [4.78, 5) is 57.6. The monoisotopic (exact) mass is 641 g/mol. The van der Waals surface area contributed by atoms with Crippen LogP contribution < -0.4 is 10.2 Å². The molecule has 1 aromatic heterocycles. The van der Waals surface area contributed by atoms with E-state index in [9.17, 15) is 32.3 Å². The van der Waals surface area contributed by atoms with E-state index in [0.717, 1.165) is 32.5 Å². The maximum Gasteiger partial charge on any atom is 0.418 e. The number of alkyl halides is 3. The van der Waals surface area contributed by atoms with Gasteiger partial charge < -0.3 is 10.3 Å². The molecular weight excluding hydrogens is 611 g/mol. The Kier molecular flexibility index (Phi) is 6.71. The number of thiazole rings is 1. The average Bonchev–Trinajstić information content (AvgIpc) is 3.68. The average molecular weight is 642 g/mol. The third-order valence-electron chi connectivity index (χ3n) is 9.76. The lowest BCUT2D eigenvalue weighted by molar-refractivity contribution is -0.143. The number of thioether (sulfide) groups is 1. The van der Waals surface area contributed by atoms with Crippen molar-refractivity contribution < 1.29 is 27.6 Å². The predicted octanol–water partition coefficient (Wildman–Crippen LogP) is 5.86. The Morgan fingerprint density at radius 1 is 0.977 bits per heavy atom. The van der Waals surface area contributed by atoms with Crippen LogP contribution in [-0.4, -0.2) is 39.4 Å². The second kappa shape index (κ2) is 10.1. The highest BCUT2D eigenvalue weighted by molar-refractivity contribution is 8.00. The van der Waals surface area contributed by atoms with E-state index in [1.54, 1.807) is 11.8 Å². The number of hydrogen-bond donors (Lipinski definition) is 2. The fourth-order valence-electron chi connectivity index (χ4n) is 7.97. The standard InChI is InChI=1S/C32H30F3N3O4S2/c1-31(2,3)15-10-8-14(9-11-15)21-22-16-12-17(25(22)43-27-26(21)44-30(42)37-27)24-23(16)28(40)38(29(24)41)13-20(39)36-19-7-5-4-6-18(19)32(33,34)35/h4-11,16-17,21-25H,12-13H2,1-3H3,(H,36,39)(H,37,42)/t16?,17?,21-,22?,23?,24?,25?/m1/s1. The summed E-state index contributed by atoms with van der Waals surface area (Å²) >= 11 is 2.77. The number of carbonyl (C=O) groups is 3. The van der Waals surface area contributed by atoms with Gasteiger partial charge in [-0.3, -0.25) is 24.1 Å². The van der Waals surface area contributed by atoms with E-state index in [0.29, 0.717) is 6.42 Å². The number of likely N-dealkylation sites (tertiary alicyclic amines) is 1. The lowest BCUT2D eigenvalue weighted by atomic mass is 9.68. The fraction of sp³-hybridized carbons (Fsp3) is 0.438. The molecule has 12 heteroatoms. The number of imide groups is 1. The number of para-hydroxylation sites is 1. The first kappa shape index (κ1) is 29.3. The minimum Gasteiger partial charge on any atom is -0.324 e. The first-order valence-electron chi connectivity index (χ1n) is 14.6. The van der Waals surface area contributed by atoms with Crippen molar-refractivity contribution in [3.8, 4) is 0 Å². The number of aromatic amines is 1. The van der Waals surface area contributed by atoms with Crippen LogP contribution >= 0.6 is 23.1 Å². The maximum atomic E-state index is 13.8. The number of aromatic nitrogens is 1. The Balaban J connectivity index is 1.17. The van der Waals surface area contributed by atoms with Crippen LogP contribution in [0, 0.1) is 29.6 Å². The lowest BCUT2D eigenvalue weighted by Gasteiger charge is -2.43. The lowest BCUT2D eigenvalue weighted by Crippen LogP contribution is -2.42. The van der Waals surface area contributed by atoms with Crippen LogP contribution in [0.25, 0.3) is 0 Å². The van der Waals surface area contributed by atoms with Crippen LogP contribution in [0.1, 0.15) is 54.7 Å². The number of anilines is 1. The van der Waals surface area contributed by atoms with Crippen LogP contribution in [0.15, 0.2) is 58.4 Å². The third kappa shape index (κ3) is 4.55. The number of H-pyrrole nitrogens is 1. The molecule has 7 rings (SSSR count). The number of rotatable bonds is 4. The summed E-state index contributed by atoms with van der Waals surface area (Å²) in [6.07, 6.45) is -3.98. The third-order valence-corrected chi connectivity index (χ3v) is 12.3. The van der Waals surface area contributed by atoms with Crippen LogP contribution in [-0.2, 0) is 26.0 Å². The molecule has 7 atom stereocenters. The largest absolute Gasteiger partial charge is 0.418 e. The molecule has 3 fully saturated rings. The van der Waals surface area contributed by atoms with Gasteiger partial charge in [-0.05, 0) is 52.8 Å². The predicted molar refractivity (Wildman–Crippen MR) is 160 cm³/mol. The second-order valence-corrected chi connectivity index (χ2v) is 15.4. The number of amides is 3. The van der Waals surface area contributed by atoms with E-state index in [1.807, 2.05) is 0 Å². The van der Waals surface area contributed by atoms with Crippen molar-refractivity contribution in [2.24, 2.45) is 29.6 Å². The zero-order chi connectivity index (χ0) is 31.3. The van der Waals surface area contributed by atoms with Crippen molar-refractivity contribution in [1.82, 2.24) is 9.88 Å². The molecule has 2 aliphatic heterocycles. The topological polar surface area (TPSA) is 99.3 Å². The normalized spacial score (nSPS) is 29.0. The molecule has 2 N–H and O–H groups in total. The van der Waals surface area contributed by atoms with Crippen LogP contribution in [0.3, 0.4) is 0 Å². The van der Waals surface area contributed by atoms with Gasteiger partial charge in [0.2, 0.25) is 17.7 Å². The Morgan fingerprint density at radius 2 is 1.64 bits per heavy atom. The van der Waals surface area contributed by atoms with Gasteiger partial charge in [0.25, 0.3) is 0 Å². The fourth-order valence-corrected chi connectivity index (χ4v) is 10.9. The van der Waals surface area contributed by atoms with Gasteiger partial charge in [0, 0.05) is 16.0 Å². The molecular formula is C32H30F3N3O4S2. The molecule has 2 aliphatic carbocycles. The van der Waals surface area contributed by atoms with E-state index >= 15 is 0 Å². The number of halogens is 3. The molecule has 2 aromatic carbocycles. The summed E-state index contributed by atoms with van der Waals surface area (Å²) in [5, 5.41) is 3.06. The van der Waals surface area contributed by atoms with Crippen LogP contribution in [0.5, 0.6) is 0 Å². The highest BCUT2D eigenvalue weighted by Gasteiger charge is 2.69. The molecule has 3 amide bonds. The van der Waals surface area contributed by atoms with E-state index in [4.69, 9.17) is 0 Å². The molecule has 3 aromatic rings. The van der Waals surface area contributed by atoms with Crippen molar-refractivity contribution in [2.75, 3.05) is 11.9 Å². The molecule has 3 heterocycles. The molecule has 44 heavy (non-hydrogen) atoms. The van der Waals surface area contributed by atoms with Gasteiger partial charge in [-0.25, -0.2) is 0 Å². The van der Waals surface area contributed by atoms with Crippen molar-refractivity contribution in [2.45, 2.75) is 55.0 Å². The van der Waals surface area contributed by atoms with E-state index in [-0.39, 0.29) is 39.2 Å². The Morgan fingerprint density at radius 3 is 2.30 bits per heavy atom. The van der Waals surface area contributed by atoms with E-state index in [2.05, 4.69) is 55.3 Å². The highest BCUT2D eigenvalue weighted by Crippen LogP contribution is 2.68. The van der Waals surface area contributed by atoms with Gasteiger partial charge in [-0.15, -0.1) is 11.8 Å². The number of nitrogens with one attached hydrogen (secondary N) is 2. The van der Waals surface area contributed by atoms with E-state index in [1.165, 1.54) is 29.0 Å². The van der Waals surface area contributed by atoms with Crippen molar-refractivity contribution >= 4 is 46.5 Å². The van der Waals surface area contributed by atoms with Gasteiger partial charge in [-0.2, -0.15) is 13.2 Å². The van der Waals surface area contributed by atoms with Crippen molar-refractivity contribution in [1.29, 1.82) is 0 Å². The Labute approximate surface area is 259 Å². The molecule has 2 bridgehead atoms. The molecule has 1 saturated heterocycles. The maximum absolute atomic E-state index is 13.8. The van der Waals surface area contributed by atoms with Crippen molar-refractivity contribution in [3.05, 3.63) is 79.8 Å². The number of fused-ring (bicyclic) bond motifs is 9. The van der Waals surface area contributed by atoms with Gasteiger partial charge in [0.15, 0.2) is 0 Å². The SMILES string of the molecule is CC(C)(C)c1ccc([C@H]2c3sc(=O)[nH]c3SC3C4CC(C5C(=O)N(CC(=O)Nc6ccccc6C(F)(F)F)C(=O)C45)C32)cc1. The molecule has 0 radical (unpaired) electrons. The molecule has 7 nitrogen and oxygen atoms in total. The zero-order valence-corrected chi connectivity index (χ0v) is 25.7. The summed E-state index contributed by atoms with van der Waals surface area (Å²) in [5.74, 6) is -3.30. The zero-order valence-electron chi connectivity index (χ0n) is 24.1. The van der Waals surface area contributed by atoms with Crippen LogP contribution in [0.2, 0.25) is 0 Å². The summed E-state index contributed by atoms with van der Waals surface area (Å²) < 4.78 is 40.4. The summed E-state index contributed by atoms with van der Waals surface area (Å²) in [5.41, 5.74) is 0.781. The second-order valence-electron chi connectivity index (χ2n) is 13.2. The van der Waals surface area contributed by atoms with E-state index < -0.39 is 53.5 Å². The first-order valence-corrected chi connectivity index (χ1v) is 16.2. The van der Waals surface area contributed by atoms with Gasteiger partial charge in [0.1, 0.15) is 6.54 Å². The number of carbonyl (C=O) groups excluding carboxylic acids is 3. The molecule has 0 spiro atoms. The summed E-state index contributed by atoms with van der Waals surface area (Å²) in [7, 11) is 0. The Hall–Kier alpha value is -3.38. The number of nitrogens with zero attached hydrogens (tertiary/aromatic N) is 1. The highest BCUT2D eigenvalue weighted by atomic mass is 32.2. The minimum atomic E-state index is -4.68. The van der Waals surface area contributed by atoms with Gasteiger partial charge >= 0.3 is 11.0 Å². The molecule has 6 unspecified atom stereocenters. The van der Waals surface area contributed by atoms with Crippen LogP contribution in [0.4, 0.5) is 18.9 Å². The number of benzene rings is 2. The summed E-state index contributed by atoms with van der Waals surface area (Å²) in [6, 6.07) is 13.0. The quantitative estimate of drug-likeness (QED) is 0.348. The Bertz CT molecular complexity index is 1740. The molecule has 4 aliphatic rings. The number of hydrogen-bond acceptors (Lipinski definition) is 6. The van der Waals surface area contributed by atoms with Gasteiger partial charge in [-0.1, -0.05) is 68.5 Å².